The van der Waals surface area contributed by atoms with Gasteiger partial charge in [0.25, 0.3) is 0 Å². The summed E-state index contributed by atoms with van der Waals surface area (Å²) in [4.78, 5) is 0. The van der Waals surface area contributed by atoms with Crippen molar-refractivity contribution in [3.63, 3.8) is 0 Å². The molecule has 5 heteroatoms. The molecule has 2 N–H and O–H groups in total. The summed E-state index contributed by atoms with van der Waals surface area (Å²) in [5.41, 5.74) is 0. The van der Waals surface area contributed by atoms with E-state index >= 15 is 0 Å². The van der Waals surface area contributed by atoms with Crippen LogP contribution < -0.4 is 26.8 Å². The van der Waals surface area contributed by atoms with Crippen molar-refractivity contribution in [1.29, 1.82) is 0 Å². The number of halogens is 1. The molecule has 1 heterocycles. The maximum atomic E-state index is 8.47. The number of nitrogens with one attached hydrogen (secondary N) is 1. The first-order valence-electron chi connectivity index (χ1n) is 4.17. The van der Waals surface area contributed by atoms with Crippen LogP contribution in [0.4, 0.5) is 0 Å². The van der Waals surface area contributed by atoms with Crippen molar-refractivity contribution >= 4 is 0 Å². The van der Waals surface area contributed by atoms with Crippen LogP contribution in [0.3, 0.4) is 0 Å². The van der Waals surface area contributed by atoms with Crippen LogP contribution in [0, 0.1) is 0 Å². The van der Waals surface area contributed by atoms with E-state index in [4.69, 9.17) is 9.84 Å². The van der Waals surface area contributed by atoms with Crippen molar-refractivity contribution in [2.24, 2.45) is 0 Å². The van der Waals surface area contributed by atoms with Gasteiger partial charge in [0.15, 0.2) is 0 Å². The molecule has 1 saturated heterocycles. The summed E-state index contributed by atoms with van der Waals surface area (Å²) in [5.74, 6) is 0. The molecular formula is C7H16IN2O2-. The molecule has 0 aromatic heterocycles. The number of nitrogens with zero attached hydrogens (tertiary/aromatic N) is 1. The molecule has 1 fully saturated rings. The number of aliphatic hydroxyl groups is 1. The molecule has 1 aliphatic heterocycles. The van der Waals surface area contributed by atoms with Gasteiger partial charge in [0, 0.05) is 0 Å². The Morgan fingerprint density at radius 1 is 1.42 bits per heavy atom. The Labute approximate surface area is 83.9 Å². The van der Waals surface area contributed by atoms with E-state index in [0.29, 0.717) is 6.61 Å². The van der Waals surface area contributed by atoms with Gasteiger partial charge in [-0.1, -0.05) is 0 Å². The second-order valence-electron chi connectivity index (χ2n) is 2.52. The fraction of sp³-hybridized carbons (Fsp3) is 1.00. The molecule has 1 aliphatic rings. The van der Waals surface area contributed by atoms with Crippen molar-refractivity contribution in [1.82, 2.24) is 8.43 Å². The summed E-state index contributed by atoms with van der Waals surface area (Å²) < 4.78 is 8.55. The van der Waals surface area contributed by atoms with Crippen molar-refractivity contribution in [2.75, 3.05) is 44.0 Å². The number of hydrogen-bond donors (Lipinski definition) is 2. The Balaban J connectivity index is 1.91. The molecule has 0 aromatic carbocycles. The quantitative estimate of drug-likeness (QED) is 0.233. The van der Waals surface area contributed by atoms with Gasteiger partial charge in [-0.25, -0.2) is 0 Å². The van der Waals surface area contributed by atoms with E-state index in [9.17, 15) is 0 Å². The van der Waals surface area contributed by atoms with Crippen LogP contribution >= 0.6 is 0 Å². The molecule has 4 nitrogen and oxygen atoms in total. The van der Waals surface area contributed by atoms with E-state index in [-0.39, 0.29) is 28.1 Å². The Bertz CT molecular complexity index is 110. The van der Waals surface area contributed by atoms with Crippen LogP contribution in [0.5, 0.6) is 0 Å². The SMILES string of the molecule is OCCOC[I-]N1CCNCC1. The minimum absolute atomic E-state index is 0.0512. The molecule has 1 rings (SSSR count). The second-order valence-corrected chi connectivity index (χ2v) is 5.19. The third-order valence-corrected chi connectivity index (χ3v) is 4.24. The van der Waals surface area contributed by atoms with Crippen LogP contribution in [0.25, 0.3) is 0 Å². The molecule has 0 aromatic rings. The fourth-order valence-corrected chi connectivity index (χ4v) is 3.05. The molecule has 12 heavy (non-hydrogen) atoms. The third kappa shape index (κ3) is 4.56. The van der Waals surface area contributed by atoms with Crippen LogP contribution in [-0.4, -0.2) is 52.2 Å². The first-order chi connectivity index (χ1) is 5.93. The topological polar surface area (TPSA) is 44.7 Å². The summed E-state index contributed by atoms with van der Waals surface area (Å²) in [5, 5.41) is 11.8. The third-order valence-electron chi connectivity index (χ3n) is 1.59. The predicted octanol–water partition coefficient (Wildman–Crippen LogP) is -4.14. The zero-order valence-corrected chi connectivity index (χ0v) is 9.29. The van der Waals surface area contributed by atoms with Gasteiger partial charge < -0.3 is 0 Å². The maximum absolute atomic E-state index is 8.47. The van der Waals surface area contributed by atoms with Crippen molar-refractivity contribution < 1.29 is 31.3 Å². The van der Waals surface area contributed by atoms with Crippen molar-refractivity contribution in [3.8, 4) is 0 Å². The van der Waals surface area contributed by atoms with Crippen LogP contribution in [0.2, 0.25) is 0 Å². The van der Waals surface area contributed by atoms with Crippen molar-refractivity contribution in [2.45, 2.75) is 0 Å². The van der Waals surface area contributed by atoms with E-state index < -0.39 is 0 Å². The van der Waals surface area contributed by atoms with Gasteiger partial charge in [-0.2, -0.15) is 0 Å². The summed E-state index contributed by atoms with van der Waals surface area (Å²) in [6.45, 7) is 5.18. The van der Waals surface area contributed by atoms with Crippen LogP contribution in [0.15, 0.2) is 0 Å². The van der Waals surface area contributed by atoms with E-state index in [1.165, 1.54) is 0 Å². The standard InChI is InChI=1S/C7H16IN2O2/c11-5-6-12-7-8-10-3-1-9-2-4-10/h9,11H,1-7H2/q-1. The number of ether oxygens (including phenoxy) is 1. The van der Waals surface area contributed by atoms with Gasteiger partial charge in [0.2, 0.25) is 0 Å². The first kappa shape index (κ1) is 10.6. The molecule has 0 saturated carbocycles. The van der Waals surface area contributed by atoms with E-state index in [1.54, 1.807) is 0 Å². The van der Waals surface area contributed by atoms with Gasteiger partial charge in [-0.05, 0) is 0 Å². The molecule has 0 aliphatic carbocycles. The van der Waals surface area contributed by atoms with Gasteiger partial charge in [-0.3, -0.25) is 0 Å². The average molecular weight is 287 g/mol. The van der Waals surface area contributed by atoms with Gasteiger partial charge in [0.1, 0.15) is 0 Å². The Morgan fingerprint density at radius 2 is 2.17 bits per heavy atom. The van der Waals surface area contributed by atoms with Crippen molar-refractivity contribution in [3.05, 3.63) is 0 Å². The van der Waals surface area contributed by atoms with Gasteiger partial charge in [0.05, 0.1) is 0 Å². The zero-order chi connectivity index (χ0) is 8.65. The normalized spacial score (nSPS) is 20.1. The molecule has 0 amide bonds. The van der Waals surface area contributed by atoms with E-state index in [2.05, 4.69) is 8.43 Å². The Morgan fingerprint density at radius 3 is 2.83 bits per heavy atom. The fourth-order valence-electron chi connectivity index (χ4n) is 0.980. The predicted molar refractivity (Wildman–Crippen MR) is 42.3 cm³/mol. The molecule has 0 spiro atoms. The van der Waals surface area contributed by atoms with Crippen LogP contribution in [-0.2, 0) is 4.74 Å². The molecule has 0 radical (unpaired) electrons. The number of hydrogen-bond acceptors (Lipinski definition) is 4. The zero-order valence-electron chi connectivity index (χ0n) is 7.13. The number of aliphatic hydroxyl groups excluding tert-OH is 1. The molecule has 0 unspecified atom stereocenters. The molecule has 0 bridgehead atoms. The van der Waals surface area contributed by atoms with E-state index in [1.807, 2.05) is 0 Å². The number of alkyl halides is 1. The second kappa shape index (κ2) is 7.02. The monoisotopic (exact) mass is 287 g/mol. The summed E-state index contributed by atoms with van der Waals surface area (Å²) in [6, 6.07) is 0. The summed E-state index contributed by atoms with van der Waals surface area (Å²) >= 11 is 0.0512. The van der Waals surface area contributed by atoms with Gasteiger partial charge in [-0.15, -0.1) is 0 Å². The summed E-state index contributed by atoms with van der Waals surface area (Å²) in [6.07, 6.45) is 0. The first-order valence-corrected chi connectivity index (χ1v) is 6.66. The minimum atomic E-state index is 0.0512. The Kier molecular flexibility index (Phi) is 6.23. The van der Waals surface area contributed by atoms with E-state index in [0.717, 1.165) is 30.8 Å². The molecular weight excluding hydrogens is 271 g/mol. The number of piperazine rings is 1. The number of rotatable bonds is 5. The molecule has 74 valence electrons. The average Bonchev–Trinajstić information content (AvgIpc) is 2.14. The summed E-state index contributed by atoms with van der Waals surface area (Å²) in [7, 11) is 0. The molecule has 0 atom stereocenters. The van der Waals surface area contributed by atoms with Crippen LogP contribution in [0.1, 0.15) is 0 Å². The van der Waals surface area contributed by atoms with Gasteiger partial charge >= 0.3 is 83.8 Å². The Hall–Kier alpha value is 0.570.